The van der Waals surface area contributed by atoms with Gasteiger partial charge in [0.2, 0.25) is 5.76 Å². The number of nitrogens with one attached hydrogen (secondary N) is 1. The second-order valence-corrected chi connectivity index (χ2v) is 4.77. The average Bonchev–Trinajstić information content (AvgIpc) is 3.12. The number of ether oxygens (including phenoxy) is 1. The van der Waals surface area contributed by atoms with Gasteiger partial charge >= 0.3 is 5.97 Å². The Morgan fingerprint density at radius 2 is 2.10 bits per heavy atom. The first-order chi connectivity index (χ1) is 10.0. The van der Waals surface area contributed by atoms with Gasteiger partial charge in [-0.1, -0.05) is 19.0 Å². The van der Waals surface area contributed by atoms with E-state index in [1.807, 2.05) is 0 Å². The molecule has 1 N–H and O–H groups in total. The largest absolute Gasteiger partial charge is 0.467 e. The van der Waals surface area contributed by atoms with Crippen LogP contribution in [0.15, 0.2) is 33.4 Å². The minimum atomic E-state index is -0.744. The van der Waals surface area contributed by atoms with Crippen LogP contribution in [0.3, 0.4) is 0 Å². The van der Waals surface area contributed by atoms with E-state index in [1.54, 1.807) is 26.0 Å². The zero-order valence-corrected chi connectivity index (χ0v) is 12.0. The summed E-state index contributed by atoms with van der Waals surface area (Å²) in [6, 6.07) is 4.09. The van der Waals surface area contributed by atoms with Crippen LogP contribution < -0.4 is 5.32 Å². The molecule has 0 saturated carbocycles. The van der Waals surface area contributed by atoms with Crippen molar-refractivity contribution in [1.82, 2.24) is 10.5 Å². The van der Waals surface area contributed by atoms with Gasteiger partial charge in [0.1, 0.15) is 6.04 Å². The van der Waals surface area contributed by atoms with Crippen LogP contribution in [0, 0.1) is 5.92 Å². The lowest BCUT2D eigenvalue weighted by atomic mass is 10.0. The number of esters is 1. The molecule has 0 aliphatic rings. The van der Waals surface area contributed by atoms with Crippen LogP contribution in [-0.2, 0) is 9.53 Å². The normalized spacial score (nSPS) is 12.2. The van der Waals surface area contributed by atoms with Gasteiger partial charge in [-0.3, -0.25) is 4.79 Å². The molecule has 2 heterocycles. The number of carbonyl (C=O) groups is 2. The van der Waals surface area contributed by atoms with Crippen LogP contribution in [-0.4, -0.2) is 30.2 Å². The second-order valence-electron chi connectivity index (χ2n) is 4.77. The summed E-state index contributed by atoms with van der Waals surface area (Å²) in [6.45, 7) is 3.61. The van der Waals surface area contributed by atoms with Crippen LogP contribution in [0.2, 0.25) is 0 Å². The van der Waals surface area contributed by atoms with E-state index in [0.29, 0.717) is 11.5 Å². The fraction of sp³-hybridized carbons (Fsp3) is 0.357. The molecule has 112 valence electrons. The predicted octanol–water partition coefficient (Wildman–Crippen LogP) is 1.86. The first-order valence-electron chi connectivity index (χ1n) is 6.42. The zero-order chi connectivity index (χ0) is 15.4. The molecule has 0 spiro atoms. The lowest BCUT2D eigenvalue weighted by Gasteiger charge is -2.18. The molecule has 7 nitrogen and oxygen atoms in total. The fourth-order valence-corrected chi connectivity index (χ4v) is 1.76. The van der Waals surface area contributed by atoms with Crippen LogP contribution in [0.4, 0.5) is 0 Å². The maximum absolute atomic E-state index is 12.1. The first-order valence-corrected chi connectivity index (χ1v) is 6.42. The molecule has 1 atom stereocenters. The summed E-state index contributed by atoms with van der Waals surface area (Å²) in [7, 11) is 1.27. The smallest absolute Gasteiger partial charge is 0.328 e. The average molecular weight is 292 g/mol. The van der Waals surface area contributed by atoms with Gasteiger partial charge in [0.15, 0.2) is 11.5 Å². The van der Waals surface area contributed by atoms with Crippen molar-refractivity contribution >= 4 is 11.9 Å². The third-order valence-electron chi connectivity index (χ3n) is 2.92. The molecular weight excluding hydrogens is 276 g/mol. The number of nitrogens with zero attached hydrogens (tertiary/aromatic N) is 1. The van der Waals surface area contributed by atoms with Gasteiger partial charge in [0, 0.05) is 6.07 Å². The van der Waals surface area contributed by atoms with E-state index in [2.05, 4.69) is 15.2 Å². The Bertz CT molecular complexity index is 615. The molecule has 0 radical (unpaired) electrons. The highest BCUT2D eigenvalue weighted by Gasteiger charge is 2.26. The molecule has 1 amide bonds. The summed E-state index contributed by atoms with van der Waals surface area (Å²) in [5.41, 5.74) is 0.0657. The molecule has 2 rings (SSSR count). The number of carbonyl (C=O) groups excluding carboxylic acids is 2. The molecule has 1 unspecified atom stereocenters. The highest BCUT2D eigenvalue weighted by atomic mass is 16.5. The van der Waals surface area contributed by atoms with E-state index in [1.165, 1.54) is 19.4 Å². The Morgan fingerprint density at radius 1 is 1.33 bits per heavy atom. The summed E-state index contributed by atoms with van der Waals surface area (Å²) in [5, 5.41) is 6.25. The van der Waals surface area contributed by atoms with E-state index in [9.17, 15) is 9.59 Å². The summed E-state index contributed by atoms with van der Waals surface area (Å²) < 4.78 is 14.8. The van der Waals surface area contributed by atoms with Crippen molar-refractivity contribution in [2.24, 2.45) is 5.92 Å². The van der Waals surface area contributed by atoms with E-state index in [0.717, 1.165) is 0 Å². The molecule has 2 aromatic heterocycles. The number of hydrogen-bond acceptors (Lipinski definition) is 6. The highest BCUT2D eigenvalue weighted by molar-refractivity contribution is 5.95. The van der Waals surface area contributed by atoms with Gasteiger partial charge in [-0.2, -0.15) is 0 Å². The van der Waals surface area contributed by atoms with E-state index in [-0.39, 0.29) is 11.6 Å². The SMILES string of the molecule is COC(=O)C(NC(=O)c1cc(-c2ccco2)on1)C(C)C. The van der Waals surface area contributed by atoms with Crippen molar-refractivity contribution in [2.45, 2.75) is 19.9 Å². The molecule has 0 aromatic carbocycles. The predicted molar refractivity (Wildman–Crippen MR) is 72.3 cm³/mol. The lowest BCUT2D eigenvalue weighted by Crippen LogP contribution is -2.45. The third kappa shape index (κ3) is 3.31. The van der Waals surface area contributed by atoms with Crippen molar-refractivity contribution in [3.05, 3.63) is 30.2 Å². The van der Waals surface area contributed by atoms with Crippen LogP contribution in [0.25, 0.3) is 11.5 Å². The Kier molecular flexibility index (Phi) is 4.42. The number of furan rings is 1. The molecule has 0 bridgehead atoms. The Balaban J connectivity index is 2.11. The van der Waals surface area contributed by atoms with Crippen molar-refractivity contribution in [3.8, 4) is 11.5 Å². The first kappa shape index (κ1) is 14.8. The molecule has 7 heteroatoms. The quantitative estimate of drug-likeness (QED) is 0.845. The number of aromatic nitrogens is 1. The van der Waals surface area contributed by atoms with E-state index >= 15 is 0 Å². The minimum absolute atomic E-state index is 0.0657. The van der Waals surface area contributed by atoms with Crippen molar-refractivity contribution in [1.29, 1.82) is 0 Å². The number of rotatable bonds is 5. The number of methoxy groups -OCH3 is 1. The van der Waals surface area contributed by atoms with Gasteiger partial charge in [0.05, 0.1) is 13.4 Å². The lowest BCUT2D eigenvalue weighted by molar-refractivity contribution is -0.144. The van der Waals surface area contributed by atoms with Crippen molar-refractivity contribution in [3.63, 3.8) is 0 Å². The molecule has 0 aliphatic carbocycles. The van der Waals surface area contributed by atoms with Crippen LogP contribution in [0.5, 0.6) is 0 Å². The topological polar surface area (TPSA) is 94.6 Å². The number of amides is 1. The number of hydrogen-bond donors (Lipinski definition) is 1. The summed E-state index contributed by atoms with van der Waals surface area (Å²) in [4.78, 5) is 23.7. The minimum Gasteiger partial charge on any atom is -0.467 e. The molecule has 0 saturated heterocycles. The third-order valence-corrected chi connectivity index (χ3v) is 2.92. The fourth-order valence-electron chi connectivity index (χ4n) is 1.76. The van der Waals surface area contributed by atoms with Gasteiger partial charge < -0.3 is 19.0 Å². The molecular formula is C14H16N2O5. The monoisotopic (exact) mass is 292 g/mol. The second kappa shape index (κ2) is 6.25. The summed E-state index contributed by atoms with van der Waals surface area (Å²) in [5.74, 6) is -0.328. The molecule has 2 aromatic rings. The van der Waals surface area contributed by atoms with Gasteiger partial charge in [-0.15, -0.1) is 0 Å². The standard InChI is InChI=1S/C14H16N2O5/c1-8(2)12(14(18)19-3)15-13(17)9-7-11(21-16-9)10-5-4-6-20-10/h4-8,12H,1-3H3,(H,15,17). The van der Waals surface area contributed by atoms with Crippen LogP contribution in [0.1, 0.15) is 24.3 Å². The maximum Gasteiger partial charge on any atom is 0.328 e. The van der Waals surface area contributed by atoms with E-state index < -0.39 is 17.9 Å². The molecule has 21 heavy (non-hydrogen) atoms. The summed E-state index contributed by atoms with van der Waals surface area (Å²) >= 11 is 0. The Hall–Kier alpha value is -2.57. The Labute approximate surface area is 121 Å². The summed E-state index contributed by atoms with van der Waals surface area (Å²) in [6.07, 6.45) is 1.49. The Morgan fingerprint density at radius 3 is 2.67 bits per heavy atom. The van der Waals surface area contributed by atoms with Crippen molar-refractivity contribution < 1.29 is 23.3 Å². The van der Waals surface area contributed by atoms with Crippen LogP contribution >= 0.6 is 0 Å². The van der Waals surface area contributed by atoms with Gasteiger partial charge in [-0.05, 0) is 18.1 Å². The molecule has 0 fully saturated rings. The highest BCUT2D eigenvalue weighted by Crippen LogP contribution is 2.20. The molecule has 0 aliphatic heterocycles. The van der Waals surface area contributed by atoms with Crippen molar-refractivity contribution in [2.75, 3.05) is 7.11 Å². The van der Waals surface area contributed by atoms with Gasteiger partial charge in [-0.25, -0.2) is 4.79 Å². The van der Waals surface area contributed by atoms with Gasteiger partial charge in [0.25, 0.3) is 5.91 Å². The zero-order valence-electron chi connectivity index (χ0n) is 12.0. The maximum atomic E-state index is 12.1. The van der Waals surface area contributed by atoms with E-state index in [4.69, 9.17) is 8.94 Å².